The van der Waals surface area contributed by atoms with Crippen molar-refractivity contribution in [3.8, 4) is 11.1 Å². The van der Waals surface area contributed by atoms with E-state index in [0.717, 1.165) is 40.9 Å². The van der Waals surface area contributed by atoms with Gasteiger partial charge in [0.25, 0.3) is 5.56 Å². The van der Waals surface area contributed by atoms with Gasteiger partial charge >= 0.3 is 0 Å². The SMILES string of the molecule is [2H]C([2H])([2H])n1cc(-c2cc(CCN[SH](=O)=O)ccc2N2CCC3(CC3)C2)c2cc[nH]c2c1=O. The third kappa shape index (κ3) is 3.44. The van der Waals surface area contributed by atoms with E-state index in [1.54, 1.807) is 12.3 Å². The number of H-pyrrole nitrogens is 1. The molecule has 0 amide bonds. The molecule has 158 valence electrons. The summed E-state index contributed by atoms with van der Waals surface area (Å²) in [5.41, 5.74) is 3.51. The highest BCUT2D eigenvalue weighted by Gasteiger charge is 2.48. The third-order valence-corrected chi connectivity index (χ3v) is 6.95. The summed E-state index contributed by atoms with van der Waals surface area (Å²) in [6, 6.07) is 7.81. The van der Waals surface area contributed by atoms with Gasteiger partial charge in [0.15, 0.2) is 0 Å². The number of hydrogen-bond donors (Lipinski definition) is 3. The fourth-order valence-electron chi connectivity index (χ4n) is 4.61. The van der Waals surface area contributed by atoms with E-state index in [9.17, 15) is 13.2 Å². The van der Waals surface area contributed by atoms with Crippen LogP contribution in [0, 0.1) is 5.41 Å². The Balaban J connectivity index is 1.66. The molecule has 2 fully saturated rings. The molecule has 5 rings (SSSR count). The number of nitrogens with zero attached hydrogens (tertiary/aromatic N) is 2. The number of aryl methyl sites for hydroxylation is 1. The summed E-state index contributed by atoms with van der Waals surface area (Å²) in [5, 5.41) is 0.667. The first kappa shape index (κ1) is 16.2. The number of rotatable bonds is 6. The summed E-state index contributed by atoms with van der Waals surface area (Å²) in [7, 11) is -2.67. The molecule has 8 heteroatoms. The number of pyridine rings is 1. The summed E-state index contributed by atoms with van der Waals surface area (Å²) in [4.78, 5) is 18.1. The van der Waals surface area contributed by atoms with Crippen molar-refractivity contribution in [3.05, 3.63) is 52.6 Å². The Kier molecular flexibility index (Phi) is 3.92. The maximum Gasteiger partial charge on any atom is 0.274 e. The van der Waals surface area contributed by atoms with E-state index < -0.39 is 23.4 Å². The van der Waals surface area contributed by atoms with Gasteiger partial charge in [-0.15, -0.1) is 0 Å². The minimum Gasteiger partial charge on any atom is -0.370 e. The Labute approximate surface area is 181 Å². The first-order valence-corrected chi connectivity index (χ1v) is 11.3. The summed E-state index contributed by atoms with van der Waals surface area (Å²) >= 11 is 0. The van der Waals surface area contributed by atoms with E-state index in [-0.39, 0.29) is 12.1 Å². The second-order valence-electron chi connectivity index (χ2n) is 8.42. The van der Waals surface area contributed by atoms with Crippen molar-refractivity contribution >= 4 is 27.5 Å². The second-order valence-corrected chi connectivity index (χ2v) is 9.25. The Morgan fingerprint density at radius 1 is 1.23 bits per heavy atom. The standard InChI is InChI=1S/C22H26N4O3S/c1-25-13-18(16-5-9-23-20(16)21(25)27)17-12-15(4-10-24-30(28)29)2-3-19(17)26-11-8-22(14-26)6-7-22/h2-3,5,9,12-13,23,30H,4,6-8,10-11,14H2,1H3,(H,24,28,29)/i1D3. The predicted molar refractivity (Wildman–Crippen MR) is 119 cm³/mol. The van der Waals surface area contributed by atoms with Crippen molar-refractivity contribution in [3.63, 3.8) is 0 Å². The molecule has 30 heavy (non-hydrogen) atoms. The molecule has 1 aliphatic carbocycles. The number of anilines is 1. The number of benzene rings is 1. The number of fused-ring (bicyclic) bond motifs is 1. The van der Waals surface area contributed by atoms with Gasteiger partial charge in [0.05, 0.1) is 0 Å². The molecule has 1 spiro atoms. The monoisotopic (exact) mass is 429 g/mol. The van der Waals surface area contributed by atoms with Crippen LogP contribution in [-0.2, 0) is 24.3 Å². The van der Waals surface area contributed by atoms with Crippen molar-refractivity contribution in [1.29, 1.82) is 0 Å². The maximum atomic E-state index is 12.8. The van der Waals surface area contributed by atoms with Crippen LogP contribution in [-0.4, -0.2) is 37.6 Å². The van der Waals surface area contributed by atoms with Crippen LogP contribution in [0.4, 0.5) is 5.69 Å². The lowest BCUT2D eigenvalue weighted by Gasteiger charge is -2.24. The van der Waals surface area contributed by atoms with Gasteiger partial charge in [-0.1, -0.05) is 6.07 Å². The molecular weight excluding hydrogens is 400 g/mol. The van der Waals surface area contributed by atoms with Gasteiger partial charge < -0.3 is 14.5 Å². The Bertz CT molecular complexity index is 1350. The summed E-state index contributed by atoms with van der Waals surface area (Å²) in [5.74, 6) is 0. The molecule has 2 aliphatic rings. The second kappa shape index (κ2) is 7.28. The highest BCUT2D eigenvalue weighted by atomic mass is 32.2. The molecule has 0 atom stereocenters. The van der Waals surface area contributed by atoms with Crippen LogP contribution in [0.3, 0.4) is 0 Å². The Morgan fingerprint density at radius 2 is 2.10 bits per heavy atom. The largest absolute Gasteiger partial charge is 0.370 e. The zero-order valence-corrected chi connectivity index (χ0v) is 17.4. The lowest BCUT2D eigenvalue weighted by Crippen LogP contribution is -2.21. The van der Waals surface area contributed by atoms with E-state index in [2.05, 4.69) is 14.6 Å². The minimum atomic E-state index is -2.67. The number of aromatic amines is 1. The normalized spacial score (nSPS) is 19.4. The minimum absolute atomic E-state index is 0.255. The molecule has 0 unspecified atom stereocenters. The van der Waals surface area contributed by atoms with Crippen LogP contribution in [0.15, 0.2) is 41.5 Å². The van der Waals surface area contributed by atoms with Gasteiger partial charge in [-0.05, 0) is 54.9 Å². The molecule has 1 saturated heterocycles. The van der Waals surface area contributed by atoms with Crippen LogP contribution >= 0.6 is 0 Å². The topological polar surface area (TPSA) is 87.2 Å². The van der Waals surface area contributed by atoms with Gasteiger partial charge in [0.2, 0.25) is 10.9 Å². The summed E-state index contributed by atoms with van der Waals surface area (Å²) in [6.07, 6.45) is 7.19. The number of aromatic nitrogens is 2. The average Bonchev–Trinajstić information content (AvgIpc) is 3.14. The van der Waals surface area contributed by atoms with Crippen molar-refractivity contribution in [1.82, 2.24) is 14.3 Å². The van der Waals surface area contributed by atoms with Crippen LogP contribution in [0.2, 0.25) is 0 Å². The van der Waals surface area contributed by atoms with Crippen molar-refractivity contribution in [2.75, 3.05) is 24.5 Å². The van der Waals surface area contributed by atoms with Gasteiger partial charge in [0, 0.05) is 65.3 Å². The smallest absolute Gasteiger partial charge is 0.274 e. The van der Waals surface area contributed by atoms with Crippen LogP contribution < -0.4 is 15.2 Å². The van der Waals surface area contributed by atoms with E-state index in [1.807, 2.05) is 18.2 Å². The fourth-order valence-corrected chi connectivity index (χ4v) is 4.90. The molecule has 1 aromatic carbocycles. The maximum absolute atomic E-state index is 12.8. The first-order valence-electron chi connectivity index (χ1n) is 11.7. The highest BCUT2D eigenvalue weighted by molar-refractivity contribution is 7.70. The zero-order chi connectivity index (χ0) is 23.4. The molecule has 0 bridgehead atoms. The zero-order valence-electron chi connectivity index (χ0n) is 19.5. The molecule has 1 aliphatic heterocycles. The first-order chi connectivity index (χ1) is 15.7. The van der Waals surface area contributed by atoms with Gasteiger partial charge in [-0.2, -0.15) is 0 Å². The van der Waals surface area contributed by atoms with E-state index in [0.29, 0.717) is 22.8 Å². The van der Waals surface area contributed by atoms with E-state index in [4.69, 9.17) is 4.11 Å². The fraction of sp³-hybridized carbons (Fsp3) is 0.409. The molecule has 2 aromatic heterocycles. The van der Waals surface area contributed by atoms with Crippen molar-refractivity contribution in [2.45, 2.75) is 25.7 Å². The van der Waals surface area contributed by atoms with Crippen molar-refractivity contribution in [2.24, 2.45) is 12.4 Å². The van der Waals surface area contributed by atoms with Crippen molar-refractivity contribution < 1.29 is 12.5 Å². The quantitative estimate of drug-likeness (QED) is 0.524. The lowest BCUT2D eigenvalue weighted by atomic mass is 9.97. The van der Waals surface area contributed by atoms with Crippen LogP contribution in [0.25, 0.3) is 22.0 Å². The molecule has 7 nitrogen and oxygen atoms in total. The molecule has 2 N–H and O–H groups in total. The number of nitrogens with one attached hydrogen (secondary N) is 2. The molecule has 0 radical (unpaired) electrons. The lowest BCUT2D eigenvalue weighted by molar-refractivity contribution is 0.581. The predicted octanol–water partition coefficient (Wildman–Crippen LogP) is 2.18. The Hall–Kier alpha value is -2.58. The van der Waals surface area contributed by atoms with E-state index >= 15 is 0 Å². The van der Waals surface area contributed by atoms with E-state index in [1.165, 1.54) is 19.0 Å². The highest BCUT2D eigenvalue weighted by Crippen LogP contribution is 2.54. The molecular formula is C22H26N4O3S. The summed E-state index contributed by atoms with van der Waals surface area (Å²) in [6.45, 7) is -0.441. The van der Waals surface area contributed by atoms with Crippen LogP contribution in [0.5, 0.6) is 0 Å². The van der Waals surface area contributed by atoms with Gasteiger partial charge in [0.1, 0.15) is 5.52 Å². The van der Waals surface area contributed by atoms with Gasteiger partial charge in [-0.3, -0.25) is 4.79 Å². The number of thiol groups is 1. The Morgan fingerprint density at radius 3 is 2.83 bits per heavy atom. The average molecular weight is 430 g/mol. The van der Waals surface area contributed by atoms with Crippen LogP contribution in [0.1, 0.15) is 28.9 Å². The summed E-state index contributed by atoms with van der Waals surface area (Å²) < 4.78 is 48.6. The number of hydrogen-bond acceptors (Lipinski definition) is 4. The molecule has 3 aromatic rings. The molecule has 1 saturated carbocycles. The van der Waals surface area contributed by atoms with Gasteiger partial charge in [-0.25, -0.2) is 13.1 Å². The molecule has 3 heterocycles. The third-order valence-electron chi connectivity index (χ3n) is 6.47.